The molecule has 2 aromatic carbocycles. The van der Waals surface area contributed by atoms with Gasteiger partial charge in [0.2, 0.25) is 6.79 Å². The first-order valence-electron chi connectivity index (χ1n) is 9.42. The molecule has 1 aliphatic rings. The Hall–Kier alpha value is -3.78. The molecule has 4 aromatic rings. The molecular weight excluding hydrogens is 460 g/mol. The number of nitrogens with one attached hydrogen (secondary N) is 1. The van der Waals surface area contributed by atoms with E-state index in [4.69, 9.17) is 9.47 Å². The second-order valence-electron chi connectivity index (χ2n) is 6.73. The molecule has 1 aliphatic heterocycles. The van der Waals surface area contributed by atoms with Gasteiger partial charge in [-0.2, -0.15) is 5.10 Å². The van der Waals surface area contributed by atoms with Crippen LogP contribution < -0.4 is 14.9 Å². The number of aromatic nitrogens is 2. The predicted octanol–water partition coefficient (Wildman–Crippen LogP) is 4.55. The van der Waals surface area contributed by atoms with Crippen molar-refractivity contribution in [2.45, 2.75) is 0 Å². The van der Waals surface area contributed by atoms with Gasteiger partial charge in [0.1, 0.15) is 0 Å². The standard InChI is InChI=1S/C23H15BrN4O3/c24-18-11-22-21(30-13-31-22)9-15(18)12-26-28-23(29)17-10-20(14-5-7-25-8-6-14)27-19-4-2-1-3-16(17)19/h1-12H,13H2,(H,28,29). The van der Waals surface area contributed by atoms with E-state index in [1.54, 1.807) is 30.7 Å². The number of carbonyl (C=O) groups is 1. The Morgan fingerprint density at radius 3 is 2.68 bits per heavy atom. The van der Waals surface area contributed by atoms with Crippen molar-refractivity contribution in [3.8, 4) is 22.8 Å². The third-order valence-electron chi connectivity index (χ3n) is 4.80. The van der Waals surface area contributed by atoms with Crippen molar-refractivity contribution in [3.63, 3.8) is 0 Å². The van der Waals surface area contributed by atoms with E-state index in [-0.39, 0.29) is 12.7 Å². The number of nitrogens with zero attached hydrogens (tertiary/aromatic N) is 3. The summed E-state index contributed by atoms with van der Waals surface area (Å²) in [7, 11) is 0. The minimum absolute atomic E-state index is 0.189. The van der Waals surface area contributed by atoms with Gasteiger partial charge in [-0.05, 0) is 52.3 Å². The molecule has 152 valence electrons. The van der Waals surface area contributed by atoms with Crippen molar-refractivity contribution in [2.75, 3.05) is 6.79 Å². The van der Waals surface area contributed by atoms with Crippen LogP contribution in [0.25, 0.3) is 22.2 Å². The lowest BCUT2D eigenvalue weighted by Gasteiger charge is -2.09. The summed E-state index contributed by atoms with van der Waals surface area (Å²) in [5, 5.41) is 4.88. The molecule has 0 aliphatic carbocycles. The number of fused-ring (bicyclic) bond motifs is 2. The molecule has 5 rings (SSSR count). The zero-order valence-electron chi connectivity index (χ0n) is 16.1. The van der Waals surface area contributed by atoms with Crippen molar-refractivity contribution in [2.24, 2.45) is 5.10 Å². The van der Waals surface area contributed by atoms with Crippen LogP contribution in [0, 0.1) is 0 Å². The highest BCUT2D eigenvalue weighted by Crippen LogP contribution is 2.36. The van der Waals surface area contributed by atoms with Crippen molar-refractivity contribution < 1.29 is 14.3 Å². The highest BCUT2D eigenvalue weighted by Gasteiger charge is 2.16. The van der Waals surface area contributed by atoms with E-state index in [9.17, 15) is 4.79 Å². The number of halogens is 1. The fourth-order valence-corrected chi connectivity index (χ4v) is 3.71. The van der Waals surface area contributed by atoms with Crippen LogP contribution >= 0.6 is 15.9 Å². The topological polar surface area (TPSA) is 85.7 Å². The van der Waals surface area contributed by atoms with Gasteiger partial charge in [-0.3, -0.25) is 9.78 Å². The van der Waals surface area contributed by atoms with E-state index in [0.29, 0.717) is 22.8 Å². The van der Waals surface area contributed by atoms with Crippen LogP contribution in [0.1, 0.15) is 15.9 Å². The molecule has 31 heavy (non-hydrogen) atoms. The SMILES string of the molecule is O=C(NN=Cc1cc2c(cc1Br)OCO2)c1cc(-c2ccncc2)nc2ccccc12. The molecule has 3 heterocycles. The zero-order valence-corrected chi connectivity index (χ0v) is 17.7. The van der Waals surface area contributed by atoms with E-state index in [1.165, 1.54) is 0 Å². The molecule has 0 unspecified atom stereocenters. The lowest BCUT2D eigenvalue weighted by Crippen LogP contribution is -2.18. The average molecular weight is 475 g/mol. The first-order chi connectivity index (χ1) is 15.2. The molecule has 0 saturated carbocycles. The lowest BCUT2D eigenvalue weighted by molar-refractivity contribution is 0.0956. The Kier molecular flexibility index (Phi) is 5.05. The Labute approximate surface area is 185 Å². The molecule has 7 nitrogen and oxygen atoms in total. The summed E-state index contributed by atoms with van der Waals surface area (Å²) in [6.45, 7) is 0.189. The number of benzene rings is 2. The summed E-state index contributed by atoms with van der Waals surface area (Å²) in [5.74, 6) is 0.972. The molecule has 0 saturated heterocycles. The van der Waals surface area contributed by atoms with Crippen molar-refractivity contribution in [1.82, 2.24) is 15.4 Å². The number of hydrazone groups is 1. The zero-order chi connectivity index (χ0) is 21.2. The third kappa shape index (κ3) is 3.85. The Bertz CT molecular complexity index is 1330. The maximum absolute atomic E-state index is 13.0. The molecule has 0 atom stereocenters. The molecule has 2 aromatic heterocycles. The van der Waals surface area contributed by atoms with Crippen LogP contribution in [0.5, 0.6) is 11.5 Å². The van der Waals surface area contributed by atoms with Gasteiger partial charge in [-0.15, -0.1) is 0 Å². The molecule has 0 radical (unpaired) electrons. The second-order valence-corrected chi connectivity index (χ2v) is 7.59. The number of pyridine rings is 2. The largest absolute Gasteiger partial charge is 0.454 e. The monoisotopic (exact) mass is 474 g/mol. The highest BCUT2D eigenvalue weighted by molar-refractivity contribution is 9.10. The molecule has 0 fully saturated rings. The van der Waals surface area contributed by atoms with Gasteiger partial charge in [-0.1, -0.05) is 18.2 Å². The van der Waals surface area contributed by atoms with Gasteiger partial charge in [-0.25, -0.2) is 10.4 Å². The summed E-state index contributed by atoms with van der Waals surface area (Å²) in [4.78, 5) is 21.7. The van der Waals surface area contributed by atoms with E-state index in [2.05, 4.69) is 36.4 Å². The van der Waals surface area contributed by atoms with Gasteiger partial charge >= 0.3 is 0 Å². The first kappa shape index (κ1) is 19.2. The maximum Gasteiger partial charge on any atom is 0.272 e. The first-order valence-corrected chi connectivity index (χ1v) is 10.2. The van der Waals surface area contributed by atoms with E-state index in [1.807, 2.05) is 42.5 Å². The molecule has 8 heteroatoms. The van der Waals surface area contributed by atoms with Crippen molar-refractivity contribution in [1.29, 1.82) is 0 Å². The second kappa shape index (κ2) is 8.16. The van der Waals surface area contributed by atoms with E-state index >= 15 is 0 Å². The Balaban J connectivity index is 1.45. The van der Waals surface area contributed by atoms with Crippen molar-refractivity contribution >= 4 is 39.0 Å². The summed E-state index contributed by atoms with van der Waals surface area (Å²) < 4.78 is 11.5. The van der Waals surface area contributed by atoms with Crippen LogP contribution in [0.3, 0.4) is 0 Å². The van der Waals surface area contributed by atoms with Gasteiger partial charge in [0.15, 0.2) is 11.5 Å². The number of rotatable bonds is 4. The number of hydrogen-bond acceptors (Lipinski definition) is 6. The average Bonchev–Trinajstić information content (AvgIpc) is 3.26. The number of ether oxygens (including phenoxy) is 2. The van der Waals surface area contributed by atoms with Crippen LogP contribution in [0.15, 0.2) is 76.6 Å². The minimum Gasteiger partial charge on any atom is -0.454 e. The summed E-state index contributed by atoms with van der Waals surface area (Å²) >= 11 is 3.48. The quantitative estimate of drug-likeness (QED) is 0.346. The molecule has 0 spiro atoms. The van der Waals surface area contributed by atoms with Gasteiger partial charge < -0.3 is 9.47 Å². The van der Waals surface area contributed by atoms with Gasteiger partial charge in [0, 0.05) is 33.4 Å². The smallest absolute Gasteiger partial charge is 0.272 e. The number of hydrogen-bond donors (Lipinski definition) is 1. The summed E-state index contributed by atoms with van der Waals surface area (Å²) in [6, 6.07) is 16.6. The Morgan fingerprint density at radius 1 is 1.06 bits per heavy atom. The fraction of sp³-hybridized carbons (Fsp3) is 0.0435. The van der Waals surface area contributed by atoms with Crippen molar-refractivity contribution in [3.05, 3.63) is 82.6 Å². The number of amides is 1. The Morgan fingerprint density at radius 2 is 1.84 bits per heavy atom. The molecule has 0 bridgehead atoms. The minimum atomic E-state index is -0.331. The highest BCUT2D eigenvalue weighted by atomic mass is 79.9. The molecular formula is C23H15BrN4O3. The van der Waals surface area contributed by atoms with Crippen LogP contribution in [0.4, 0.5) is 0 Å². The van der Waals surface area contributed by atoms with E-state index < -0.39 is 0 Å². The normalized spacial score (nSPS) is 12.4. The summed E-state index contributed by atoms with van der Waals surface area (Å²) in [5.41, 5.74) is 6.14. The van der Waals surface area contributed by atoms with Gasteiger partial charge in [0.25, 0.3) is 5.91 Å². The maximum atomic E-state index is 13.0. The summed E-state index contributed by atoms with van der Waals surface area (Å²) in [6.07, 6.45) is 4.94. The third-order valence-corrected chi connectivity index (χ3v) is 5.49. The molecule has 1 amide bonds. The van der Waals surface area contributed by atoms with Crippen LogP contribution in [-0.2, 0) is 0 Å². The molecule has 1 N–H and O–H groups in total. The van der Waals surface area contributed by atoms with Gasteiger partial charge in [0.05, 0.1) is 23.0 Å². The number of carbonyl (C=O) groups excluding carboxylic acids is 1. The van der Waals surface area contributed by atoms with Crippen LogP contribution in [0.2, 0.25) is 0 Å². The van der Waals surface area contributed by atoms with Crippen LogP contribution in [-0.4, -0.2) is 28.9 Å². The lowest BCUT2D eigenvalue weighted by atomic mass is 10.0. The fourth-order valence-electron chi connectivity index (χ4n) is 3.29. The van der Waals surface area contributed by atoms with E-state index in [0.717, 1.165) is 26.5 Å². The predicted molar refractivity (Wildman–Crippen MR) is 120 cm³/mol. The number of para-hydroxylation sites is 1.